The summed E-state index contributed by atoms with van der Waals surface area (Å²) in [6, 6.07) is 12.8. The Hall–Kier alpha value is -3.36. The Kier molecular flexibility index (Phi) is 7.38. The van der Waals surface area contributed by atoms with Crippen molar-refractivity contribution in [3.8, 4) is 0 Å². The van der Waals surface area contributed by atoms with Gasteiger partial charge in [0.15, 0.2) is 0 Å². The summed E-state index contributed by atoms with van der Waals surface area (Å²) in [7, 11) is 0. The van der Waals surface area contributed by atoms with E-state index in [1.54, 1.807) is 4.90 Å². The Balaban J connectivity index is 1.66. The first-order chi connectivity index (χ1) is 17.1. The molecule has 0 aromatic heterocycles. The molecule has 0 radical (unpaired) electrons. The molecule has 4 rings (SSSR count). The molecule has 0 aliphatic carbocycles. The van der Waals surface area contributed by atoms with E-state index < -0.39 is 29.9 Å². The van der Waals surface area contributed by atoms with Crippen LogP contribution in [-0.2, 0) is 22.2 Å². The van der Waals surface area contributed by atoms with Crippen LogP contribution in [0.5, 0.6) is 0 Å². The zero-order valence-electron chi connectivity index (χ0n) is 20.4. The number of piperazine rings is 1. The quantitative estimate of drug-likeness (QED) is 0.596. The number of carbonyl (C=O) groups excluding carboxylic acids is 3. The van der Waals surface area contributed by atoms with Gasteiger partial charge in [-0.05, 0) is 35.7 Å². The molecule has 192 valence electrons. The molecule has 0 spiro atoms. The summed E-state index contributed by atoms with van der Waals surface area (Å²) in [6.45, 7) is 4.90. The number of benzene rings is 2. The number of fused-ring (bicyclic) bond motifs is 1. The van der Waals surface area contributed by atoms with Crippen LogP contribution in [0.1, 0.15) is 48.2 Å². The smallest absolute Gasteiger partial charge is 0.337 e. The fourth-order valence-electron chi connectivity index (χ4n) is 4.89. The third-order valence-corrected chi connectivity index (χ3v) is 7.07. The molecular weight excluding hydrogens is 471 g/mol. The maximum absolute atomic E-state index is 13.6. The van der Waals surface area contributed by atoms with E-state index in [1.165, 1.54) is 9.80 Å². The second-order valence-corrected chi connectivity index (χ2v) is 9.57. The van der Waals surface area contributed by atoms with Gasteiger partial charge in [-0.1, -0.05) is 50.6 Å². The third kappa shape index (κ3) is 5.24. The molecular formula is C27H30F3N3O3. The minimum absolute atomic E-state index is 0.0484. The van der Waals surface area contributed by atoms with Gasteiger partial charge in [-0.2, -0.15) is 13.2 Å². The predicted octanol–water partition coefficient (Wildman–Crippen LogP) is 4.21. The van der Waals surface area contributed by atoms with Crippen LogP contribution in [0.3, 0.4) is 0 Å². The minimum Gasteiger partial charge on any atom is -0.337 e. The first kappa shape index (κ1) is 25.7. The van der Waals surface area contributed by atoms with Gasteiger partial charge in [0.2, 0.25) is 11.8 Å². The van der Waals surface area contributed by atoms with Crippen LogP contribution < -0.4 is 0 Å². The maximum atomic E-state index is 13.6. The summed E-state index contributed by atoms with van der Waals surface area (Å²) in [6.07, 6.45) is -3.94. The third-order valence-electron chi connectivity index (χ3n) is 7.07. The van der Waals surface area contributed by atoms with Crippen molar-refractivity contribution in [2.24, 2.45) is 5.92 Å². The number of hydrogen-bond donors (Lipinski definition) is 0. The Bertz CT molecular complexity index is 1100. The molecule has 2 fully saturated rings. The second-order valence-electron chi connectivity index (χ2n) is 9.57. The Morgan fingerprint density at radius 2 is 1.72 bits per heavy atom. The Morgan fingerprint density at radius 1 is 1.06 bits per heavy atom. The lowest BCUT2D eigenvalue weighted by atomic mass is 9.96. The van der Waals surface area contributed by atoms with Gasteiger partial charge < -0.3 is 14.7 Å². The van der Waals surface area contributed by atoms with E-state index in [-0.39, 0.29) is 42.8 Å². The van der Waals surface area contributed by atoms with Crippen molar-refractivity contribution in [1.29, 1.82) is 0 Å². The highest BCUT2D eigenvalue weighted by molar-refractivity contribution is 5.97. The zero-order valence-corrected chi connectivity index (χ0v) is 20.4. The van der Waals surface area contributed by atoms with Crippen LogP contribution in [-0.4, -0.2) is 64.3 Å². The highest BCUT2D eigenvalue weighted by Gasteiger charge is 2.48. The number of halogens is 3. The van der Waals surface area contributed by atoms with Crippen LogP contribution in [0, 0.1) is 5.92 Å². The molecule has 2 aliphatic heterocycles. The molecule has 0 bridgehead atoms. The van der Waals surface area contributed by atoms with Crippen LogP contribution in [0.25, 0.3) is 0 Å². The Labute approximate surface area is 208 Å². The van der Waals surface area contributed by atoms with Gasteiger partial charge in [0, 0.05) is 31.5 Å². The van der Waals surface area contributed by atoms with E-state index in [1.807, 2.05) is 44.2 Å². The zero-order chi connectivity index (χ0) is 26.0. The highest BCUT2D eigenvalue weighted by Crippen LogP contribution is 2.31. The second kappa shape index (κ2) is 10.3. The molecule has 2 aromatic rings. The molecule has 2 saturated heterocycles. The number of amides is 3. The summed E-state index contributed by atoms with van der Waals surface area (Å²) < 4.78 is 39.0. The first-order valence-corrected chi connectivity index (χ1v) is 12.2. The fraction of sp³-hybridized carbons (Fsp3) is 0.444. The predicted molar refractivity (Wildman–Crippen MR) is 128 cm³/mol. The maximum Gasteiger partial charge on any atom is 0.416 e. The van der Waals surface area contributed by atoms with Gasteiger partial charge in [-0.3, -0.25) is 14.4 Å². The molecule has 0 saturated carbocycles. The average molecular weight is 502 g/mol. The standard InChI is InChI=1S/C27H30F3N3O3/c1-3-18(2)16-31-17-23-32(25(35)20-9-11-21(12-10-20)27(28,29)30)14-13-24(34)33(23)22(26(31)36)15-19-7-5-4-6-8-19/h4-12,18,22-23H,3,13-17H2,1-2H3. The van der Waals surface area contributed by atoms with E-state index in [0.29, 0.717) is 13.0 Å². The highest BCUT2D eigenvalue weighted by atomic mass is 19.4. The SMILES string of the molecule is CCC(C)CN1CC2N(C(=O)c3ccc(C(F)(F)F)cc3)CCC(=O)N2C(Cc2ccccc2)C1=O. The van der Waals surface area contributed by atoms with Gasteiger partial charge in [-0.15, -0.1) is 0 Å². The van der Waals surface area contributed by atoms with Crippen LogP contribution >= 0.6 is 0 Å². The van der Waals surface area contributed by atoms with Gasteiger partial charge in [0.25, 0.3) is 5.91 Å². The topological polar surface area (TPSA) is 60.9 Å². The summed E-state index contributed by atoms with van der Waals surface area (Å²) in [5.41, 5.74) is 0.182. The van der Waals surface area contributed by atoms with Crippen molar-refractivity contribution in [1.82, 2.24) is 14.7 Å². The number of rotatable bonds is 6. The average Bonchev–Trinajstić information content (AvgIpc) is 2.86. The molecule has 3 atom stereocenters. The van der Waals surface area contributed by atoms with Crippen molar-refractivity contribution in [3.05, 3.63) is 71.3 Å². The number of alkyl halides is 3. The van der Waals surface area contributed by atoms with Crippen molar-refractivity contribution in [2.45, 2.75) is 51.5 Å². The summed E-state index contributed by atoms with van der Waals surface area (Å²) >= 11 is 0. The van der Waals surface area contributed by atoms with E-state index in [2.05, 4.69) is 0 Å². The molecule has 2 aliphatic rings. The first-order valence-electron chi connectivity index (χ1n) is 12.2. The molecule has 9 heteroatoms. The van der Waals surface area contributed by atoms with Gasteiger partial charge in [-0.25, -0.2) is 0 Å². The lowest BCUT2D eigenvalue weighted by molar-refractivity contribution is -0.167. The van der Waals surface area contributed by atoms with Gasteiger partial charge in [0.1, 0.15) is 12.2 Å². The number of hydrogen-bond acceptors (Lipinski definition) is 3. The van der Waals surface area contributed by atoms with Crippen LogP contribution in [0.4, 0.5) is 13.2 Å². The van der Waals surface area contributed by atoms with Crippen molar-refractivity contribution < 1.29 is 27.6 Å². The van der Waals surface area contributed by atoms with E-state index >= 15 is 0 Å². The van der Waals surface area contributed by atoms with Crippen molar-refractivity contribution in [2.75, 3.05) is 19.6 Å². The van der Waals surface area contributed by atoms with Crippen molar-refractivity contribution >= 4 is 17.7 Å². The largest absolute Gasteiger partial charge is 0.416 e. The molecule has 2 aromatic carbocycles. The summed E-state index contributed by atoms with van der Waals surface area (Å²) in [4.78, 5) is 44.9. The monoisotopic (exact) mass is 501 g/mol. The van der Waals surface area contributed by atoms with E-state index in [4.69, 9.17) is 0 Å². The molecule has 3 unspecified atom stereocenters. The minimum atomic E-state index is -4.50. The summed E-state index contributed by atoms with van der Waals surface area (Å²) in [5.74, 6) is -0.569. The number of nitrogens with zero attached hydrogens (tertiary/aromatic N) is 3. The molecule has 3 amide bonds. The van der Waals surface area contributed by atoms with Gasteiger partial charge >= 0.3 is 6.18 Å². The molecule has 6 nitrogen and oxygen atoms in total. The lowest BCUT2D eigenvalue weighted by Crippen LogP contribution is -2.71. The normalized spacial score (nSPS) is 21.4. The van der Waals surface area contributed by atoms with Crippen LogP contribution in [0.2, 0.25) is 0 Å². The molecule has 36 heavy (non-hydrogen) atoms. The fourth-order valence-corrected chi connectivity index (χ4v) is 4.89. The molecule has 2 heterocycles. The molecule has 0 N–H and O–H groups in total. The Morgan fingerprint density at radius 3 is 2.33 bits per heavy atom. The van der Waals surface area contributed by atoms with Crippen molar-refractivity contribution in [3.63, 3.8) is 0 Å². The number of carbonyl (C=O) groups is 3. The van der Waals surface area contributed by atoms with E-state index in [9.17, 15) is 27.6 Å². The van der Waals surface area contributed by atoms with E-state index in [0.717, 1.165) is 36.2 Å². The van der Waals surface area contributed by atoms with Crippen LogP contribution in [0.15, 0.2) is 54.6 Å². The lowest BCUT2D eigenvalue weighted by Gasteiger charge is -2.52. The summed E-state index contributed by atoms with van der Waals surface area (Å²) in [5, 5.41) is 0. The van der Waals surface area contributed by atoms with Gasteiger partial charge in [0.05, 0.1) is 12.1 Å².